The fraction of sp³-hybridized carbons (Fsp3) is 0.692. The normalized spacial score (nSPS) is 18.0. The molecule has 1 unspecified atom stereocenters. The second kappa shape index (κ2) is 6.29. The molecule has 18 heavy (non-hydrogen) atoms. The number of aliphatic carboxylic acids is 1. The van der Waals surface area contributed by atoms with E-state index in [-0.39, 0.29) is 18.5 Å². The van der Waals surface area contributed by atoms with Crippen LogP contribution in [-0.2, 0) is 4.79 Å². The SMILES string of the molecule is C#CCC(CC)NC(=O)NC1(CC(=O)O)CCC1. The number of urea groups is 1. The standard InChI is InChI=1S/C13H20N2O3/c1-3-6-10(4-2)14-12(18)15-13(7-5-8-13)9-11(16)17/h1,10H,4-9H2,2H3,(H,16,17)(H2,14,15,18). The van der Waals surface area contributed by atoms with Gasteiger partial charge in [0.05, 0.1) is 12.0 Å². The number of terminal acetylenes is 1. The fourth-order valence-corrected chi connectivity index (χ4v) is 2.14. The zero-order chi connectivity index (χ0) is 13.6. The topological polar surface area (TPSA) is 78.4 Å². The molecule has 3 N–H and O–H groups in total. The first-order valence-electron chi connectivity index (χ1n) is 6.25. The Hall–Kier alpha value is -1.70. The van der Waals surface area contributed by atoms with Crippen molar-refractivity contribution in [3.63, 3.8) is 0 Å². The van der Waals surface area contributed by atoms with Crippen LogP contribution in [0.5, 0.6) is 0 Å². The third kappa shape index (κ3) is 3.95. The van der Waals surface area contributed by atoms with E-state index in [4.69, 9.17) is 11.5 Å². The molecule has 1 aliphatic carbocycles. The summed E-state index contributed by atoms with van der Waals surface area (Å²) in [5.41, 5.74) is -0.565. The van der Waals surface area contributed by atoms with E-state index in [2.05, 4.69) is 16.6 Å². The van der Waals surface area contributed by atoms with Gasteiger partial charge in [-0.3, -0.25) is 4.79 Å². The number of carboxylic acids is 1. The summed E-state index contributed by atoms with van der Waals surface area (Å²) in [4.78, 5) is 22.6. The van der Waals surface area contributed by atoms with Crippen LogP contribution in [0, 0.1) is 12.3 Å². The Morgan fingerprint density at radius 2 is 2.17 bits per heavy atom. The number of rotatable bonds is 6. The molecule has 1 aliphatic rings. The van der Waals surface area contributed by atoms with Gasteiger partial charge in [0.1, 0.15) is 0 Å². The van der Waals surface area contributed by atoms with Crippen LogP contribution in [0.25, 0.3) is 0 Å². The summed E-state index contributed by atoms with van der Waals surface area (Å²) in [6, 6.07) is -0.380. The summed E-state index contributed by atoms with van der Waals surface area (Å²) in [6.45, 7) is 1.94. The highest BCUT2D eigenvalue weighted by atomic mass is 16.4. The van der Waals surface area contributed by atoms with Gasteiger partial charge in [0.25, 0.3) is 0 Å². The monoisotopic (exact) mass is 252 g/mol. The van der Waals surface area contributed by atoms with Gasteiger partial charge in [0, 0.05) is 12.5 Å². The Morgan fingerprint density at radius 1 is 1.50 bits per heavy atom. The van der Waals surface area contributed by atoms with E-state index in [0.29, 0.717) is 6.42 Å². The van der Waals surface area contributed by atoms with Crippen LogP contribution >= 0.6 is 0 Å². The molecule has 1 fully saturated rings. The molecule has 0 aliphatic heterocycles. The lowest BCUT2D eigenvalue weighted by Crippen LogP contribution is -2.58. The van der Waals surface area contributed by atoms with E-state index >= 15 is 0 Å². The Kier molecular flexibility index (Phi) is 5.02. The molecule has 0 aromatic carbocycles. The zero-order valence-corrected chi connectivity index (χ0v) is 10.7. The number of carbonyl (C=O) groups is 2. The molecule has 5 nitrogen and oxygen atoms in total. The van der Waals surface area contributed by atoms with Crippen molar-refractivity contribution in [3.8, 4) is 12.3 Å². The van der Waals surface area contributed by atoms with E-state index in [9.17, 15) is 9.59 Å². The van der Waals surface area contributed by atoms with Crippen molar-refractivity contribution < 1.29 is 14.7 Å². The molecular weight excluding hydrogens is 232 g/mol. The molecule has 100 valence electrons. The van der Waals surface area contributed by atoms with Crippen molar-refractivity contribution in [3.05, 3.63) is 0 Å². The van der Waals surface area contributed by atoms with Crippen LogP contribution in [0.3, 0.4) is 0 Å². The smallest absolute Gasteiger partial charge is 0.315 e. The van der Waals surface area contributed by atoms with Gasteiger partial charge in [-0.1, -0.05) is 6.92 Å². The van der Waals surface area contributed by atoms with Crippen LogP contribution in [0.15, 0.2) is 0 Å². The van der Waals surface area contributed by atoms with Gasteiger partial charge in [-0.15, -0.1) is 12.3 Å². The van der Waals surface area contributed by atoms with Crippen molar-refractivity contribution in [2.75, 3.05) is 0 Å². The van der Waals surface area contributed by atoms with Crippen LogP contribution < -0.4 is 10.6 Å². The Labute approximate surface area is 107 Å². The molecule has 5 heteroatoms. The van der Waals surface area contributed by atoms with Crippen molar-refractivity contribution >= 4 is 12.0 Å². The molecule has 0 spiro atoms. The summed E-state index contributed by atoms with van der Waals surface area (Å²) in [5, 5.41) is 14.4. The number of carbonyl (C=O) groups excluding carboxylic acids is 1. The summed E-state index contributed by atoms with van der Waals surface area (Å²) in [6.07, 6.45) is 8.82. The van der Waals surface area contributed by atoms with Gasteiger partial charge in [-0.2, -0.15) is 0 Å². The predicted molar refractivity (Wildman–Crippen MR) is 68.0 cm³/mol. The highest BCUT2D eigenvalue weighted by Gasteiger charge is 2.40. The maximum Gasteiger partial charge on any atom is 0.315 e. The highest BCUT2D eigenvalue weighted by Crippen LogP contribution is 2.34. The molecule has 1 saturated carbocycles. The Morgan fingerprint density at radius 3 is 2.56 bits per heavy atom. The lowest BCUT2D eigenvalue weighted by molar-refractivity contribution is -0.139. The van der Waals surface area contributed by atoms with Crippen molar-refractivity contribution in [2.45, 2.75) is 57.0 Å². The molecular formula is C13H20N2O3. The molecule has 0 radical (unpaired) electrons. The predicted octanol–water partition coefficient (Wildman–Crippen LogP) is 1.48. The van der Waals surface area contributed by atoms with Gasteiger partial charge >= 0.3 is 12.0 Å². The third-order valence-electron chi connectivity index (χ3n) is 3.37. The summed E-state index contributed by atoms with van der Waals surface area (Å²) < 4.78 is 0. The number of carboxylic acid groups (broad SMARTS) is 1. The second-order valence-electron chi connectivity index (χ2n) is 4.82. The minimum Gasteiger partial charge on any atom is -0.481 e. The molecule has 0 bridgehead atoms. The van der Waals surface area contributed by atoms with Crippen molar-refractivity contribution in [2.24, 2.45) is 0 Å². The molecule has 1 atom stereocenters. The largest absolute Gasteiger partial charge is 0.481 e. The molecule has 1 rings (SSSR count). The Bertz CT molecular complexity index is 356. The van der Waals surface area contributed by atoms with Gasteiger partial charge in [-0.25, -0.2) is 4.79 Å². The minimum absolute atomic E-state index is 0.0215. The van der Waals surface area contributed by atoms with Gasteiger partial charge in [-0.05, 0) is 25.7 Å². The van der Waals surface area contributed by atoms with Crippen LogP contribution in [-0.4, -0.2) is 28.7 Å². The van der Waals surface area contributed by atoms with E-state index in [1.54, 1.807) is 0 Å². The first kappa shape index (κ1) is 14.4. The quantitative estimate of drug-likeness (QED) is 0.627. The van der Waals surface area contributed by atoms with Gasteiger partial charge in [0.15, 0.2) is 0 Å². The summed E-state index contributed by atoms with van der Waals surface area (Å²) in [7, 11) is 0. The summed E-state index contributed by atoms with van der Waals surface area (Å²) in [5.74, 6) is 1.63. The average molecular weight is 252 g/mol. The van der Waals surface area contributed by atoms with Gasteiger partial charge < -0.3 is 15.7 Å². The third-order valence-corrected chi connectivity index (χ3v) is 3.37. The van der Waals surface area contributed by atoms with Crippen LogP contribution in [0.4, 0.5) is 4.79 Å². The Balaban J connectivity index is 2.47. The second-order valence-corrected chi connectivity index (χ2v) is 4.82. The molecule has 0 aromatic rings. The summed E-state index contributed by atoms with van der Waals surface area (Å²) >= 11 is 0. The van der Waals surface area contributed by atoms with Gasteiger partial charge in [0.2, 0.25) is 0 Å². The van der Waals surface area contributed by atoms with Crippen molar-refractivity contribution in [1.29, 1.82) is 0 Å². The van der Waals surface area contributed by atoms with Crippen LogP contribution in [0.1, 0.15) is 45.4 Å². The van der Waals surface area contributed by atoms with E-state index < -0.39 is 11.5 Å². The average Bonchev–Trinajstić information content (AvgIpc) is 2.24. The lowest BCUT2D eigenvalue weighted by atomic mass is 9.74. The molecule has 2 amide bonds. The highest BCUT2D eigenvalue weighted by molar-refractivity contribution is 5.77. The fourth-order valence-electron chi connectivity index (χ4n) is 2.14. The zero-order valence-electron chi connectivity index (χ0n) is 10.7. The first-order valence-corrected chi connectivity index (χ1v) is 6.25. The van der Waals surface area contributed by atoms with E-state index in [1.165, 1.54) is 0 Å². The van der Waals surface area contributed by atoms with Crippen LogP contribution in [0.2, 0.25) is 0 Å². The number of hydrogen-bond acceptors (Lipinski definition) is 2. The maximum absolute atomic E-state index is 11.8. The number of nitrogens with one attached hydrogen (secondary N) is 2. The van der Waals surface area contributed by atoms with E-state index in [0.717, 1.165) is 25.7 Å². The molecule has 0 aromatic heterocycles. The molecule has 0 saturated heterocycles. The lowest BCUT2D eigenvalue weighted by Gasteiger charge is -2.41. The number of amides is 2. The first-order chi connectivity index (χ1) is 8.51. The maximum atomic E-state index is 11.8. The minimum atomic E-state index is -0.884. The van der Waals surface area contributed by atoms with Crippen molar-refractivity contribution in [1.82, 2.24) is 10.6 Å². The number of hydrogen-bond donors (Lipinski definition) is 3. The van der Waals surface area contributed by atoms with E-state index in [1.807, 2.05) is 6.92 Å². The molecule has 0 heterocycles.